The van der Waals surface area contributed by atoms with Gasteiger partial charge >= 0.3 is 6.16 Å². The van der Waals surface area contributed by atoms with Crippen LogP contribution in [0.2, 0.25) is 0 Å². The Labute approximate surface area is 169 Å². The molecule has 29 heavy (non-hydrogen) atoms. The minimum atomic E-state index is -1.50. The molecular formula is C20H16N2O6S. The van der Waals surface area contributed by atoms with E-state index in [9.17, 15) is 19.7 Å². The number of ether oxygens (including phenoxy) is 1. The summed E-state index contributed by atoms with van der Waals surface area (Å²) < 4.78 is 4.87. The average Bonchev–Trinajstić information content (AvgIpc) is 3.10. The largest absolute Gasteiger partial charge is 0.512 e. The monoisotopic (exact) mass is 412 g/mol. The summed E-state index contributed by atoms with van der Waals surface area (Å²) in [5.74, 6) is -0.326. The SMILES string of the molecule is Cc1ccc(C(=O)N(C)c2cc(-c3ccc([N+](=O)[O-])cc3)sc2OC(=O)O)cc1. The number of nitro groups is 1. The van der Waals surface area contributed by atoms with Crippen molar-refractivity contribution in [2.24, 2.45) is 0 Å². The molecule has 148 valence electrons. The lowest BCUT2D eigenvalue weighted by atomic mass is 10.1. The number of carbonyl (C=O) groups is 2. The van der Waals surface area contributed by atoms with Crippen LogP contribution in [0.25, 0.3) is 10.4 Å². The molecule has 0 fully saturated rings. The van der Waals surface area contributed by atoms with Gasteiger partial charge in [-0.25, -0.2) is 4.79 Å². The first kappa shape index (κ1) is 20.0. The number of anilines is 1. The fraction of sp³-hybridized carbons (Fsp3) is 0.100. The maximum Gasteiger partial charge on any atom is 0.512 e. The third-order valence-corrected chi connectivity index (χ3v) is 5.24. The van der Waals surface area contributed by atoms with Gasteiger partial charge in [-0.05, 0) is 42.8 Å². The number of carboxylic acid groups (broad SMARTS) is 1. The second-order valence-electron chi connectivity index (χ2n) is 6.19. The Kier molecular flexibility index (Phi) is 5.60. The van der Waals surface area contributed by atoms with Crippen LogP contribution >= 0.6 is 11.3 Å². The molecule has 2 aromatic carbocycles. The highest BCUT2D eigenvalue weighted by atomic mass is 32.1. The molecule has 0 bridgehead atoms. The molecule has 0 saturated heterocycles. The van der Waals surface area contributed by atoms with Crippen LogP contribution in [0.4, 0.5) is 16.2 Å². The second-order valence-corrected chi connectivity index (χ2v) is 7.20. The van der Waals surface area contributed by atoms with Crippen molar-refractivity contribution in [1.29, 1.82) is 0 Å². The number of hydrogen-bond donors (Lipinski definition) is 1. The van der Waals surface area contributed by atoms with Crippen LogP contribution in [-0.2, 0) is 0 Å². The van der Waals surface area contributed by atoms with Gasteiger partial charge < -0.3 is 14.7 Å². The molecule has 0 aliphatic heterocycles. The summed E-state index contributed by atoms with van der Waals surface area (Å²) in [5, 5.41) is 19.9. The Balaban J connectivity index is 1.98. The first-order valence-corrected chi connectivity index (χ1v) is 9.22. The zero-order valence-corrected chi connectivity index (χ0v) is 16.3. The number of nitrogens with zero attached hydrogens (tertiary/aromatic N) is 2. The maximum atomic E-state index is 12.8. The molecule has 1 amide bonds. The lowest BCUT2D eigenvalue weighted by Crippen LogP contribution is -2.26. The van der Waals surface area contributed by atoms with Crippen LogP contribution in [0.15, 0.2) is 54.6 Å². The molecule has 3 aromatic rings. The van der Waals surface area contributed by atoms with Gasteiger partial charge in [-0.1, -0.05) is 29.0 Å². The molecule has 1 N–H and O–H groups in total. The van der Waals surface area contributed by atoms with E-state index in [-0.39, 0.29) is 22.3 Å². The van der Waals surface area contributed by atoms with Gasteiger partial charge in [0.2, 0.25) is 5.06 Å². The molecule has 0 unspecified atom stereocenters. The van der Waals surface area contributed by atoms with Crippen molar-refractivity contribution >= 4 is 34.8 Å². The molecular weight excluding hydrogens is 396 g/mol. The Morgan fingerprint density at radius 1 is 1.10 bits per heavy atom. The van der Waals surface area contributed by atoms with Crippen molar-refractivity contribution in [3.05, 3.63) is 75.8 Å². The van der Waals surface area contributed by atoms with Crippen LogP contribution in [0.1, 0.15) is 15.9 Å². The minimum Gasteiger partial charge on any atom is -0.449 e. The first-order chi connectivity index (χ1) is 13.8. The summed E-state index contributed by atoms with van der Waals surface area (Å²) in [6.07, 6.45) is -1.50. The van der Waals surface area contributed by atoms with Crippen molar-refractivity contribution in [2.75, 3.05) is 11.9 Å². The number of benzene rings is 2. The van der Waals surface area contributed by atoms with E-state index in [0.29, 0.717) is 16.0 Å². The van der Waals surface area contributed by atoms with E-state index in [4.69, 9.17) is 9.84 Å². The van der Waals surface area contributed by atoms with E-state index < -0.39 is 11.1 Å². The molecule has 0 radical (unpaired) electrons. The highest BCUT2D eigenvalue weighted by Crippen LogP contribution is 2.43. The lowest BCUT2D eigenvalue weighted by molar-refractivity contribution is -0.384. The molecule has 3 rings (SSSR count). The van der Waals surface area contributed by atoms with Gasteiger partial charge in [0.05, 0.1) is 10.6 Å². The van der Waals surface area contributed by atoms with Gasteiger partial charge in [0, 0.05) is 29.6 Å². The van der Waals surface area contributed by atoms with Gasteiger partial charge in [0.1, 0.15) is 0 Å². The van der Waals surface area contributed by atoms with Gasteiger partial charge in [-0.15, -0.1) is 0 Å². The van der Waals surface area contributed by atoms with Crippen molar-refractivity contribution in [3.8, 4) is 15.5 Å². The Morgan fingerprint density at radius 2 is 1.72 bits per heavy atom. The summed E-state index contributed by atoms with van der Waals surface area (Å²) >= 11 is 1.03. The number of rotatable bonds is 5. The number of non-ortho nitro benzene ring substituents is 1. The number of thiophene rings is 1. The van der Waals surface area contributed by atoms with Crippen LogP contribution in [-0.4, -0.2) is 29.1 Å². The molecule has 1 aromatic heterocycles. The standard InChI is InChI=1S/C20H16N2O6S/c1-12-3-5-14(6-4-12)18(23)21(2)16-11-17(29-19(16)28-20(24)25)13-7-9-15(10-8-13)22(26)27/h3-11H,1-2H3,(H,24,25). The van der Waals surface area contributed by atoms with Crippen molar-refractivity contribution in [3.63, 3.8) is 0 Å². The zero-order valence-electron chi connectivity index (χ0n) is 15.5. The van der Waals surface area contributed by atoms with Crippen molar-refractivity contribution < 1.29 is 24.4 Å². The minimum absolute atomic E-state index is 0.0359. The third kappa shape index (κ3) is 4.41. The molecule has 1 heterocycles. The van der Waals surface area contributed by atoms with Gasteiger partial charge in [-0.2, -0.15) is 0 Å². The topological polar surface area (TPSA) is 110 Å². The number of hydrogen-bond acceptors (Lipinski definition) is 6. The van der Waals surface area contributed by atoms with E-state index in [0.717, 1.165) is 16.9 Å². The molecule has 8 nitrogen and oxygen atoms in total. The average molecular weight is 412 g/mol. The number of aryl methyl sites for hydroxylation is 1. The Hall–Kier alpha value is -3.72. The van der Waals surface area contributed by atoms with Crippen molar-refractivity contribution in [2.45, 2.75) is 6.92 Å². The lowest BCUT2D eigenvalue weighted by Gasteiger charge is -2.17. The summed E-state index contributed by atoms with van der Waals surface area (Å²) in [4.78, 5) is 36.1. The zero-order chi connectivity index (χ0) is 21.1. The van der Waals surface area contributed by atoms with E-state index in [1.165, 1.54) is 24.1 Å². The normalized spacial score (nSPS) is 10.4. The Morgan fingerprint density at radius 3 is 2.28 bits per heavy atom. The van der Waals surface area contributed by atoms with Crippen LogP contribution in [0, 0.1) is 17.0 Å². The summed E-state index contributed by atoms with van der Waals surface area (Å²) in [6.45, 7) is 1.91. The molecule has 0 spiro atoms. The molecule has 0 aliphatic rings. The predicted octanol–water partition coefficient (Wildman–Crippen LogP) is 4.97. The molecule has 0 atom stereocenters. The van der Waals surface area contributed by atoms with E-state index in [2.05, 4.69) is 0 Å². The third-order valence-electron chi connectivity index (χ3n) is 4.19. The number of amides is 1. The van der Waals surface area contributed by atoms with Gasteiger partial charge in [0.15, 0.2) is 0 Å². The second kappa shape index (κ2) is 8.11. The molecule has 9 heteroatoms. The first-order valence-electron chi connectivity index (χ1n) is 8.40. The van der Waals surface area contributed by atoms with Crippen LogP contribution in [0.3, 0.4) is 0 Å². The number of carbonyl (C=O) groups excluding carboxylic acids is 1. The maximum absolute atomic E-state index is 12.8. The van der Waals surface area contributed by atoms with Gasteiger partial charge in [0.25, 0.3) is 11.6 Å². The predicted molar refractivity (Wildman–Crippen MR) is 109 cm³/mol. The summed E-state index contributed by atoms with van der Waals surface area (Å²) in [7, 11) is 1.53. The fourth-order valence-corrected chi connectivity index (χ4v) is 3.68. The van der Waals surface area contributed by atoms with E-state index in [1.54, 1.807) is 30.3 Å². The fourth-order valence-electron chi connectivity index (χ4n) is 2.64. The Bertz CT molecular complexity index is 1070. The molecule has 0 saturated carbocycles. The number of nitro benzene ring substituents is 1. The van der Waals surface area contributed by atoms with Gasteiger partial charge in [-0.3, -0.25) is 14.9 Å². The smallest absolute Gasteiger partial charge is 0.449 e. The summed E-state index contributed by atoms with van der Waals surface area (Å²) in [6, 6.07) is 14.4. The quantitative estimate of drug-likeness (QED) is 0.360. The molecule has 0 aliphatic carbocycles. The highest BCUT2D eigenvalue weighted by Gasteiger charge is 2.23. The van der Waals surface area contributed by atoms with Crippen LogP contribution in [0.5, 0.6) is 5.06 Å². The van der Waals surface area contributed by atoms with Crippen LogP contribution < -0.4 is 9.64 Å². The van der Waals surface area contributed by atoms with E-state index >= 15 is 0 Å². The highest BCUT2D eigenvalue weighted by molar-refractivity contribution is 7.18. The van der Waals surface area contributed by atoms with Crippen molar-refractivity contribution in [1.82, 2.24) is 0 Å². The summed E-state index contributed by atoms with van der Waals surface area (Å²) in [5.41, 5.74) is 2.33. The van der Waals surface area contributed by atoms with E-state index in [1.807, 2.05) is 19.1 Å².